The predicted molar refractivity (Wildman–Crippen MR) is 58.5 cm³/mol. The number of carbonyl (C=O) groups excluding carboxylic acids is 1. The van der Waals surface area contributed by atoms with Gasteiger partial charge in [0.05, 0.1) is 25.2 Å². The van der Waals surface area contributed by atoms with E-state index >= 15 is 0 Å². The summed E-state index contributed by atoms with van der Waals surface area (Å²) < 4.78 is 23.2. The molecule has 5 heteroatoms. The van der Waals surface area contributed by atoms with Gasteiger partial charge in [-0.2, -0.15) is 0 Å². The first-order valence-corrected chi connectivity index (χ1v) is 5.27. The lowest BCUT2D eigenvalue weighted by Gasteiger charge is -2.09. The van der Waals surface area contributed by atoms with Gasteiger partial charge in [-0.25, -0.2) is 9.18 Å². The van der Waals surface area contributed by atoms with E-state index in [1.807, 2.05) is 0 Å². The van der Waals surface area contributed by atoms with Gasteiger partial charge in [-0.05, 0) is 13.0 Å². The number of methoxy groups -OCH3 is 1. The van der Waals surface area contributed by atoms with Gasteiger partial charge in [0.2, 0.25) is 0 Å². The Morgan fingerprint density at radius 2 is 2.19 bits per heavy atom. The van der Waals surface area contributed by atoms with Crippen molar-refractivity contribution in [3.8, 4) is 5.75 Å². The Hall–Kier alpha value is -1.29. The maximum absolute atomic E-state index is 13.5. The number of halogens is 2. The van der Waals surface area contributed by atoms with Crippen molar-refractivity contribution in [2.24, 2.45) is 0 Å². The fourth-order valence-corrected chi connectivity index (χ4v) is 1.47. The lowest BCUT2D eigenvalue weighted by Crippen LogP contribution is -2.08. The van der Waals surface area contributed by atoms with E-state index in [4.69, 9.17) is 21.1 Å². The smallest absolute Gasteiger partial charge is 0.341 e. The van der Waals surface area contributed by atoms with E-state index in [0.29, 0.717) is 11.3 Å². The van der Waals surface area contributed by atoms with Gasteiger partial charge in [-0.3, -0.25) is 0 Å². The minimum absolute atomic E-state index is 0.127. The van der Waals surface area contributed by atoms with Gasteiger partial charge in [0.1, 0.15) is 11.6 Å². The summed E-state index contributed by atoms with van der Waals surface area (Å²) in [5.74, 6) is -0.922. The summed E-state index contributed by atoms with van der Waals surface area (Å²) in [5, 5.41) is 0. The van der Waals surface area contributed by atoms with Crippen molar-refractivity contribution < 1.29 is 18.7 Å². The topological polar surface area (TPSA) is 35.5 Å². The lowest BCUT2D eigenvalue weighted by molar-refractivity contribution is 0.0521. The highest BCUT2D eigenvalue weighted by molar-refractivity contribution is 6.17. The molecule has 0 saturated carbocycles. The van der Waals surface area contributed by atoms with E-state index in [1.54, 1.807) is 6.92 Å². The third-order valence-electron chi connectivity index (χ3n) is 2.01. The van der Waals surface area contributed by atoms with Crippen LogP contribution >= 0.6 is 11.6 Å². The zero-order valence-electron chi connectivity index (χ0n) is 9.05. The second-order valence-electron chi connectivity index (χ2n) is 3.00. The predicted octanol–water partition coefficient (Wildman–Crippen LogP) is 2.75. The average Bonchev–Trinajstić information content (AvgIpc) is 2.28. The van der Waals surface area contributed by atoms with E-state index < -0.39 is 11.8 Å². The molecule has 0 spiro atoms. The average molecular weight is 247 g/mol. The first-order valence-electron chi connectivity index (χ1n) is 4.73. The van der Waals surface area contributed by atoms with Crippen molar-refractivity contribution in [3.05, 3.63) is 29.1 Å². The molecular formula is C11H12ClFO3. The number of hydrogen-bond acceptors (Lipinski definition) is 3. The van der Waals surface area contributed by atoms with Crippen LogP contribution in [0.4, 0.5) is 4.39 Å². The molecule has 16 heavy (non-hydrogen) atoms. The maximum atomic E-state index is 13.5. The molecule has 1 aromatic carbocycles. The molecule has 0 bridgehead atoms. The molecule has 0 heterocycles. The molecule has 0 saturated heterocycles. The molecule has 0 aliphatic carbocycles. The van der Waals surface area contributed by atoms with E-state index in [2.05, 4.69) is 0 Å². The van der Waals surface area contributed by atoms with Crippen LogP contribution in [-0.2, 0) is 10.6 Å². The largest absolute Gasteiger partial charge is 0.496 e. The Kier molecular flexibility index (Phi) is 4.55. The zero-order chi connectivity index (χ0) is 12.1. The first kappa shape index (κ1) is 12.8. The quantitative estimate of drug-likeness (QED) is 0.605. The Balaban J connectivity index is 3.15. The number of ether oxygens (including phenoxy) is 2. The van der Waals surface area contributed by atoms with Gasteiger partial charge in [0, 0.05) is 11.6 Å². The minimum atomic E-state index is -0.700. The number of esters is 1. The zero-order valence-corrected chi connectivity index (χ0v) is 9.81. The van der Waals surface area contributed by atoms with Gasteiger partial charge in [-0.1, -0.05) is 0 Å². The third kappa shape index (κ3) is 2.64. The van der Waals surface area contributed by atoms with Gasteiger partial charge in [0.25, 0.3) is 0 Å². The van der Waals surface area contributed by atoms with Gasteiger partial charge < -0.3 is 9.47 Å². The van der Waals surface area contributed by atoms with Crippen LogP contribution in [0.15, 0.2) is 12.1 Å². The van der Waals surface area contributed by atoms with Crippen LogP contribution in [0.1, 0.15) is 22.8 Å². The summed E-state index contributed by atoms with van der Waals surface area (Å²) >= 11 is 5.66. The highest BCUT2D eigenvalue weighted by Gasteiger charge is 2.16. The summed E-state index contributed by atoms with van der Waals surface area (Å²) in [5.41, 5.74) is 0.423. The lowest BCUT2D eigenvalue weighted by atomic mass is 10.1. The molecule has 1 aromatic rings. The Morgan fingerprint density at radius 3 is 2.69 bits per heavy atom. The second-order valence-corrected chi connectivity index (χ2v) is 3.27. The summed E-state index contributed by atoms with van der Waals surface area (Å²) in [6, 6.07) is 2.48. The van der Waals surface area contributed by atoms with Crippen molar-refractivity contribution in [3.63, 3.8) is 0 Å². The van der Waals surface area contributed by atoms with E-state index in [0.717, 1.165) is 6.07 Å². The summed E-state index contributed by atoms with van der Waals surface area (Å²) in [4.78, 5) is 11.4. The van der Waals surface area contributed by atoms with Gasteiger partial charge in [0.15, 0.2) is 0 Å². The van der Waals surface area contributed by atoms with Crippen LogP contribution in [0.3, 0.4) is 0 Å². The fourth-order valence-electron chi connectivity index (χ4n) is 1.26. The number of carbonyl (C=O) groups is 1. The molecule has 0 radical (unpaired) electrons. The third-order valence-corrected chi connectivity index (χ3v) is 2.30. The van der Waals surface area contributed by atoms with Crippen LogP contribution < -0.4 is 4.74 Å². The maximum Gasteiger partial charge on any atom is 0.341 e. The Labute approximate surface area is 98.1 Å². The standard InChI is InChI=1S/C11H12ClFO3/c1-3-16-11(14)8-4-7(6-12)10(15-2)5-9(8)13/h4-5H,3,6H2,1-2H3. The van der Waals surface area contributed by atoms with Crippen LogP contribution in [0.2, 0.25) is 0 Å². The minimum Gasteiger partial charge on any atom is -0.496 e. The molecular weight excluding hydrogens is 235 g/mol. The molecule has 0 amide bonds. The molecule has 0 unspecified atom stereocenters. The molecule has 0 atom stereocenters. The number of alkyl halides is 1. The van der Waals surface area contributed by atoms with Crippen LogP contribution in [-0.4, -0.2) is 19.7 Å². The van der Waals surface area contributed by atoms with Crippen molar-refractivity contribution in [2.45, 2.75) is 12.8 Å². The summed E-state index contributed by atoms with van der Waals surface area (Å²) in [7, 11) is 1.41. The van der Waals surface area contributed by atoms with E-state index in [1.165, 1.54) is 13.2 Å². The van der Waals surface area contributed by atoms with Crippen LogP contribution in [0, 0.1) is 5.82 Å². The number of rotatable bonds is 4. The molecule has 88 valence electrons. The molecule has 0 aliphatic heterocycles. The van der Waals surface area contributed by atoms with Gasteiger partial charge >= 0.3 is 5.97 Å². The fraction of sp³-hybridized carbons (Fsp3) is 0.364. The SMILES string of the molecule is CCOC(=O)c1cc(CCl)c(OC)cc1F. The molecule has 0 aromatic heterocycles. The monoisotopic (exact) mass is 246 g/mol. The highest BCUT2D eigenvalue weighted by atomic mass is 35.5. The van der Waals surface area contributed by atoms with Crippen LogP contribution in [0.5, 0.6) is 5.75 Å². The van der Waals surface area contributed by atoms with Crippen molar-refractivity contribution >= 4 is 17.6 Å². The Morgan fingerprint density at radius 1 is 1.50 bits per heavy atom. The number of benzene rings is 1. The van der Waals surface area contributed by atoms with Crippen molar-refractivity contribution in [2.75, 3.05) is 13.7 Å². The molecule has 0 N–H and O–H groups in total. The molecule has 1 rings (SSSR count). The normalized spacial score (nSPS) is 10.0. The highest BCUT2D eigenvalue weighted by Crippen LogP contribution is 2.24. The molecule has 0 aliphatic rings. The summed E-state index contributed by atoms with van der Waals surface area (Å²) in [6.07, 6.45) is 0. The van der Waals surface area contributed by atoms with Crippen LogP contribution in [0.25, 0.3) is 0 Å². The van der Waals surface area contributed by atoms with E-state index in [-0.39, 0.29) is 18.1 Å². The van der Waals surface area contributed by atoms with Crippen molar-refractivity contribution in [1.82, 2.24) is 0 Å². The number of hydrogen-bond donors (Lipinski definition) is 0. The summed E-state index contributed by atoms with van der Waals surface area (Å²) in [6.45, 7) is 1.85. The second kappa shape index (κ2) is 5.70. The van der Waals surface area contributed by atoms with Gasteiger partial charge in [-0.15, -0.1) is 11.6 Å². The Bertz CT molecular complexity index is 393. The molecule has 3 nitrogen and oxygen atoms in total. The van der Waals surface area contributed by atoms with Crippen molar-refractivity contribution in [1.29, 1.82) is 0 Å². The first-order chi connectivity index (χ1) is 7.63. The molecule has 0 fully saturated rings. The van der Waals surface area contributed by atoms with E-state index in [9.17, 15) is 9.18 Å².